The first-order chi connectivity index (χ1) is 7.43. The molecular weight excluding hydrogens is 180 g/mol. The van der Waals surface area contributed by atoms with Gasteiger partial charge in [-0.1, -0.05) is 49.1 Å². The fraction of sp³-hybridized carbons (Fsp3) is 0.600. The van der Waals surface area contributed by atoms with Gasteiger partial charge in [-0.25, -0.2) is 0 Å². The van der Waals surface area contributed by atoms with Gasteiger partial charge < -0.3 is 0 Å². The van der Waals surface area contributed by atoms with Crippen LogP contribution in [0.4, 0.5) is 0 Å². The molecule has 0 spiro atoms. The molecule has 0 atom stereocenters. The summed E-state index contributed by atoms with van der Waals surface area (Å²) in [5.74, 6) is 0. The lowest BCUT2D eigenvalue weighted by Crippen LogP contribution is -1.86. The van der Waals surface area contributed by atoms with Gasteiger partial charge in [0.2, 0.25) is 0 Å². The van der Waals surface area contributed by atoms with E-state index in [0.29, 0.717) is 0 Å². The lowest BCUT2D eigenvalue weighted by Gasteiger charge is -2.06. The Balaban J connectivity index is 1.90. The fourth-order valence-corrected chi connectivity index (χ4v) is 2.00. The van der Waals surface area contributed by atoms with Crippen molar-refractivity contribution in [1.29, 1.82) is 0 Å². The lowest BCUT2D eigenvalue weighted by molar-refractivity contribution is 0.617. The molecule has 0 aromatic heterocycles. The molecule has 0 heterocycles. The monoisotopic (exact) mass is 204 g/mol. The van der Waals surface area contributed by atoms with Crippen molar-refractivity contribution in [1.82, 2.24) is 0 Å². The van der Waals surface area contributed by atoms with E-state index >= 15 is 0 Å². The molecule has 0 N–H and O–H groups in total. The van der Waals surface area contributed by atoms with Crippen LogP contribution in [0, 0.1) is 0 Å². The summed E-state index contributed by atoms with van der Waals surface area (Å²) >= 11 is 0. The first-order valence-electron chi connectivity index (χ1n) is 6.40. The van der Waals surface area contributed by atoms with Crippen molar-refractivity contribution in [2.45, 2.75) is 57.8 Å². The first kappa shape index (κ1) is 12.3. The summed E-state index contributed by atoms with van der Waals surface area (Å²) < 4.78 is 0. The van der Waals surface area contributed by atoms with Gasteiger partial charge in [0.1, 0.15) is 0 Å². The van der Waals surface area contributed by atoms with Crippen LogP contribution >= 0.6 is 0 Å². The summed E-state index contributed by atoms with van der Waals surface area (Å²) in [5.41, 5.74) is 1.56. The molecule has 0 radical (unpaired) electrons. The zero-order chi connectivity index (χ0) is 10.8. The van der Waals surface area contributed by atoms with Crippen LogP contribution < -0.4 is 0 Å². The topological polar surface area (TPSA) is 0 Å². The van der Waals surface area contributed by atoms with Crippen molar-refractivity contribution in [3.05, 3.63) is 36.5 Å². The summed E-state index contributed by atoms with van der Waals surface area (Å²) in [6.45, 7) is 3.74. The average molecular weight is 204 g/mol. The Labute approximate surface area is 94.8 Å². The smallest absolute Gasteiger partial charge is 0.0282 e. The lowest BCUT2D eigenvalue weighted by atomic mass is 10.0. The van der Waals surface area contributed by atoms with Crippen molar-refractivity contribution in [2.24, 2.45) is 0 Å². The average Bonchev–Trinajstić information content (AvgIpc) is 2.29. The molecule has 0 bridgehead atoms. The van der Waals surface area contributed by atoms with Crippen LogP contribution in [0.2, 0.25) is 0 Å². The van der Waals surface area contributed by atoms with Gasteiger partial charge in [0, 0.05) is 0 Å². The zero-order valence-corrected chi connectivity index (χ0v) is 9.88. The minimum atomic E-state index is 1.19. The van der Waals surface area contributed by atoms with E-state index in [1.807, 2.05) is 6.08 Å². The highest BCUT2D eigenvalue weighted by molar-refractivity contribution is 5.21. The minimum Gasteiger partial charge on any atom is -0.103 e. The Bertz CT molecular complexity index is 220. The second kappa shape index (κ2) is 8.52. The summed E-state index contributed by atoms with van der Waals surface area (Å²) in [6, 6.07) is 0. The molecule has 0 saturated heterocycles. The van der Waals surface area contributed by atoms with E-state index < -0.39 is 0 Å². The standard InChI is InChI=1S/C15H24/c1-2-3-4-5-6-7-9-12-15-13-10-8-11-14-15/h2,10,13-14H,1,3-9,11-12H2. The number of hydrogen-bond donors (Lipinski definition) is 0. The van der Waals surface area contributed by atoms with E-state index in [-0.39, 0.29) is 0 Å². The molecule has 0 unspecified atom stereocenters. The largest absolute Gasteiger partial charge is 0.103 e. The number of hydrogen-bond acceptors (Lipinski definition) is 0. The predicted octanol–water partition coefficient (Wildman–Crippen LogP) is 5.18. The Morgan fingerprint density at radius 1 is 1.07 bits per heavy atom. The number of allylic oxidation sites excluding steroid dienone is 5. The molecule has 15 heavy (non-hydrogen) atoms. The van der Waals surface area contributed by atoms with Gasteiger partial charge in [-0.05, 0) is 38.5 Å². The van der Waals surface area contributed by atoms with E-state index in [9.17, 15) is 0 Å². The van der Waals surface area contributed by atoms with Crippen molar-refractivity contribution in [3.63, 3.8) is 0 Å². The van der Waals surface area contributed by atoms with Gasteiger partial charge in [-0.2, -0.15) is 0 Å². The Hall–Kier alpha value is -0.780. The first-order valence-corrected chi connectivity index (χ1v) is 6.40. The van der Waals surface area contributed by atoms with Gasteiger partial charge in [0.25, 0.3) is 0 Å². The van der Waals surface area contributed by atoms with Crippen LogP contribution in [0.1, 0.15) is 57.8 Å². The van der Waals surface area contributed by atoms with Crippen molar-refractivity contribution in [3.8, 4) is 0 Å². The summed E-state index contributed by atoms with van der Waals surface area (Å²) in [5, 5.41) is 0. The highest BCUT2D eigenvalue weighted by Gasteiger charge is 1.97. The van der Waals surface area contributed by atoms with Crippen molar-refractivity contribution in [2.75, 3.05) is 0 Å². The van der Waals surface area contributed by atoms with Crippen molar-refractivity contribution < 1.29 is 0 Å². The molecule has 84 valence electrons. The quantitative estimate of drug-likeness (QED) is 0.377. The van der Waals surface area contributed by atoms with Gasteiger partial charge in [-0.15, -0.1) is 6.58 Å². The van der Waals surface area contributed by atoms with Crippen LogP contribution in [-0.4, -0.2) is 0 Å². The summed E-state index contributed by atoms with van der Waals surface area (Å²) in [4.78, 5) is 0. The summed E-state index contributed by atoms with van der Waals surface area (Å²) in [7, 11) is 0. The van der Waals surface area contributed by atoms with Gasteiger partial charge >= 0.3 is 0 Å². The third kappa shape index (κ3) is 6.33. The molecule has 0 saturated carbocycles. The van der Waals surface area contributed by atoms with E-state index in [1.165, 1.54) is 57.8 Å². The molecule has 0 fully saturated rings. The highest BCUT2D eigenvalue weighted by Crippen LogP contribution is 2.17. The van der Waals surface area contributed by atoms with Crippen LogP contribution in [0.3, 0.4) is 0 Å². The maximum Gasteiger partial charge on any atom is -0.0282 e. The van der Waals surface area contributed by atoms with Gasteiger partial charge in [0.05, 0.1) is 0 Å². The molecule has 0 nitrogen and oxygen atoms in total. The zero-order valence-electron chi connectivity index (χ0n) is 9.88. The normalized spacial score (nSPS) is 15.1. The Morgan fingerprint density at radius 2 is 1.87 bits per heavy atom. The Morgan fingerprint density at radius 3 is 2.60 bits per heavy atom. The van der Waals surface area contributed by atoms with E-state index in [0.717, 1.165) is 0 Å². The molecule has 0 amide bonds. The van der Waals surface area contributed by atoms with E-state index in [2.05, 4.69) is 24.8 Å². The maximum atomic E-state index is 3.74. The molecule has 1 aliphatic rings. The molecule has 1 aliphatic carbocycles. The number of unbranched alkanes of at least 4 members (excludes halogenated alkanes) is 5. The molecular formula is C15H24. The van der Waals surface area contributed by atoms with Crippen LogP contribution in [-0.2, 0) is 0 Å². The third-order valence-electron chi connectivity index (χ3n) is 2.95. The minimum absolute atomic E-state index is 1.19. The third-order valence-corrected chi connectivity index (χ3v) is 2.95. The molecule has 0 aromatic carbocycles. The van der Waals surface area contributed by atoms with E-state index in [1.54, 1.807) is 5.57 Å². The molecule has 0 aromatic rings. The molecule has 0 aliphatic heterocycles. The highest BCUT2D eigenvalue weighted by atomic mass is 14.0. The Kier molecular flexibility index (Phi) is 6.98. The maximum absolute atomic E-state index is 3.74. The van der Waals surface area contributed by atoms with Crippen LogP contribution in [0.25, 0.3) is 0 Å². The van der Waals surface area contributed by atoms with Crippen molar-refractivity contribution >= 4 is 0 Å². The fourth-order valence-electron chi connectivity index (χ4n) is 2.00. The number of rotatable bonds is 8. The SMILES string of the molecule is C=CCCCCCCCC1=CCCC=C1. The molecule has 1 rings (SSSR count). The second-order valence-electron chi connectivity index (χ2n) is 4.35. The van der Waals surface area contributed by atoms with Crippen LogP contribution in [0.15, 0.2) is 36.5 Å². The van der Waals surface area contributed by atoms with Crippen LogP contribution in [0.5, 0.6) is 0 Å². The van der Waals surface area contributed by atoms with Gasteiger partial charge in [0.15, 0.2) is 0 Å². The molecule has 0 heteroatoms. The van der Waals surface area contributed by atoms with Gasteiger partial charge in [-0.3, -0.25) is 0 Å². The summed E-state index contributed by atoms with van der Waals surface area (Å²) in [6.07, 6.45) is 20.9. The predicted molar refractivity (Wildman–Crippen MR) is 69.0 cm³/mol. The second-order valence-corrected chi connectivity index (χ2v) is 4.35. The van der Waals surface area contributed by atoms with E-state index in [4.69, 9.17) is 0 Å².